The number of nitrogens with zero attached hydrogens (tertiary/aromatic N) is 1. The first kappa shape index (κ1) is 15.5. The highest BCUT2D eigenvalue weighted by atomic mass is 35.5. The Labute approximate surface area is 139 Å². The van der Waals surface area contributed by atoms with Gasteiger partial charge in [0, 0.05) is 5.56 Å². The van der Waals surface area contributed by atoms with Crippen LogP contribution in [0.3, 0.4) is 0 Å². The van der Waals surface area contributed by atoms with Crippen LogP contribution in [-0.2, 0) is 17.6 Å². The number of amides is 2. The van der Waals surface area contributed by atoms with Gasteiger partial charge >= 0.3 is 0 Å². The summed E-state index contributed by atoms with van der Waals surface area (Å²) in [6.45, 7) is -0.0987. The lowest BCUT2D eigenvalue weighted by Crippen LogP contribution is -2.32. The third-order valence-corrected chi connectivity index (χ3v) is 4.00. The molecule has 0 spiro atoms. The van der Waals surface area contributed by atoms with E-state index in [4.69, 9.17) is 11.6 Å². The van der Waals surface area contributed by atoms with Crippen molar-refractivity contribution in [3.05, 3.63) is 58.4 Å². The minimum Gasteiger partial charge on any atom is -0.343 e. The molecule has 0 saturated heterocycles. The molecule has 3 rings (SSSR count). The topological polar surface area (TPSA) is 71.1 Å². The summed E-state index contributed by atoms with van der Waals surface area (Å²) in [6.07, 6.45) is 4.69. The van der Waals surface area contributed by atoms with Crippen LogP contribution in [0.2, 0.25) is 5.15 Å². The zero-order valence-corrected chi connectivity index (χ0v) is 13.2. The third kappa shape index (κ3) is 3.87. The van der Waals surface area contributed by atoms with Gasteiger partial charge in [-0.2, -0.15) is 0 Å². The van der Waals surface area contributed by atoms with Gasteiger partial charge in [-0.05, 0) is 54.7 Å². The molecule has 1 heterocycles. The number of pyridine rings is 1. The summed E-state index contributed by atoms with van der Waals surface area (Å²) in [6, 6.07) is 8.95. The van der Waals surface area contributed by atoms with E-state index in [1.807, 2.05) is 12.1 Å². The number of aromatic nitrogens is 1. The SMILES string of the molecule is O=C(CNC(=O)c1ccc2c(c1)CCC2)Nc1ccc(Cl)nc1. The highest BCUT2D eigenvalue weighted by Gasteiger charge is 2.14. The minimum absolute atomic E-state index is 0.0987. The molecule has 1 aromatic heterocycles. The molecule has 6 heteroatoms. The molecule has 2 N–H and O–H groups in total. The van der Waals surface area contributed by atoms with E-state index in [0.717, 1.165) is 19.3 Å². The molecule has 1 aromatic carbocycles. The summed E-state index contributed by atoms with van der Waals surface area (Å²) >= 11 is 5.68. The zero-order chi connectivity index (χ0) is 16.2. The van der Waals surface area contributed by atoms with Crippen LogP contribution in [0.5, 0.6) is 0 Å². The second-order valence-electron chi connectivity index (χ2n) is 5.44. The van der Waals surface area contributed by atoms with Gasteiger partial charge in [-0.3, -0.25) is 9.59 Å². The number of carbonyl (C=O) groups excluding carboxylic acids is 2. The van der Waals surface area contributed by atoms with Crippen LogP contribution < -0.4 is 10.6 Å². The van der Waals surface area contributed by atoms with Crippen LogP contribution in [0, 0.1) is 0 Å². The van der Waals surface area contributed by atoms with Gasteiger partial charge in [-0.15, -0.1) is 0 Å². The lowest BCUT2D eigenvalue weighted by atomic mass is 10.1. The summed E-state index contributed by atoms with van der Waals surface area (Å²) in [5.74, 6) is -0.562. The lowest BCUT2D eigenvalue weighted by Gasteiger charge is -2.08. The fourth-order valence-corrected chi connectivity index (χ4v) is 2.74. The van der Waals surface area contributed by atoms with Crippen molar-refractivity contribution in [1.82, 2.24) is 10.3 Å². The molecule has 0 aliphatic heterocycles. The molecule has 5 nitrogen and oxygen atoms in total. The Morgan fingerprint density at radius 3 is 2.74 bits per heavy atom. The van der Waals surface area contributed by atoms with Gasteiger partial charge in [-0.1, -0.05) is 17.7 Å². The summed E-state index contributed by atoms with van der Waals surface area (Å²) in [4.78, 5) is 27.8. The fraction of sp³-hybridized carbons (Fsp3) is 0.235. The molecule has 0 bridgehead atoms. The number of aryl methyl sites for hydroxylation is 2. The molecule has 2 aromatic rings. The number of hydrogen-bond acceptors (Lipinski definition) is 3. The van der Waals surface area contributed by atoms with Crippen molar-refractivity contribution in [3.63, 3.8) is 0 Å². The Bertz CT molecular complexity index is 744. The van der Waals surface area contributed by atoms with Crippen molar-refractivity contribution >= 4 is 29.1 Å². The Morgan fingerprint density at radius 2 is 1.96 bits per heavy atom. The number of carbonyl (C=O) groups is 2. The average molecular weight is 330 g/mol. The van der Waals surface area contributed by atoms with Gasteiger partial charge in [0.2, 0.25) is 5.91 Å². The maximum absolute atomic E-state index is 12.1. The first-order chi connectivity index (χ1) is 11.1. The first-order valence-corrected chi connectivity index (χ1v) is 7.81. The van der Waals surface area contributed by atoms with Crippen molar-refractivity contribution in [2.75, 3.05) is 11.9 Å². The summed E-state index contributed by atoms with van der Waals surface area (Å²) in [5.41, 5.74) is 3.67. The van der Waals surface area contributed by atoms with E-state index in [-0.39, 0.29) is 18.4 Å². The van der Waals surface area contributed by atoms with Crippen molar-refractivity contribution in [2.45, 2.75) is 19.3 Å². The van der Waals surface area contributed by atoms with Crippen molar-refractivity contribution in [2.24, 2.45) is 0 Å². The predicted molar refractivity (Wildman–Crippen MR) is 88.7 cm³/mol. The number of hydrogen-bond donors (Lipinski definition) is 2. The molecular formula is C17H16ClN3O2. The van der Waals surface area contributed by atoms with Crippen LogP contribution in [0.25, 0.3) is 0 Å². The van der Waals surface area contributed by atoms with Crippen molar-refractivity contribution in [1.29, 1.82) is 0 Å². The molecule has 0 radical (unpaired) electrons. The van der Waals surface area contributed by atoms with Gasteiger partial charge < -0.3 is 10.6 Å². The van der Waals surface area contributed by atoms with Crippen LogP contribution in [-0.4, -0.2) is 23.3 Å². The maximum Gasteiger partial charge on any atom is 0.251 e. The monoisotopic (exact) mass is 329 g/mol. The Kier molecular flexibility index (Phi) is 4.57. The van der Waals surface area contributed by atoms with Crippen LogP contribution in [0.1, 0.15) is 27.9 Å². The summed E-state index contributed by atoms with van der Waals surface area (Å²) < 4.78 is 0. The number of benzene rings is 1. The highest BCUT2D eigenvalue weighted by Crippen LogP contribution is 2.22. The number of anilines is 1. The van der Waals surface area contributed by atoms with Crippen LogP contribution >= 0.6 is 11.6 Å². The Morgan fingerprint density at radius 1 is 1.13 bits per heavy atom. The first-order valence-electron chi connectivity index (χ1n) is 7.43. The molecule has 23 heavy (non-hydrogen) atoms. The standard InChI is InChI=1S/C17H16ClN3O2/c18-15-7-6-14(9-19-15)21-16(22)10-20-17(23)13-5-4-11-2-1-3-12(11)8-13/h4-9H,1-3,10H2,(H,20,23)(H,21,22). The predicted octanol–water partition coefficient (Wildman–Crippen LogP) is 2.59. The molecule has 0 fully saturated rings. The van der Waals surface area contributed by atoms with E-state index in [2.05, 4.69) is 15.6 Å². The van der Waals surface area contributed by atoms with Gasteiger partial charge in [0.1, 0.15) is 5.15 Å². The van der Waals surface area contributed by atoms with E-state index in [0.29, 0.717) is 16.4 Å². The van der Waals surface area contributed by atoms with Gasteiger partial charge in [0.25, 0.3) is 5.91 Å². The largest absolute Gasteiger partial charge is 0.343 e. The fourth-order valence-electron chi connectivity index (χ4n) is 2.63. The van der Waals surface area contributed by atoms with E-state index in [1.54, 1.807) is 18.2 Å². The van der Waals surface area contributed by atoms with Crippen molar-refractivity contribution in [3.8, 4) is 0 Å². The van der Waals surface area contributed by atoms with Crippen molar-refractivity contribution < 1.29 is 9.59 Å². The highest BCUT2D eigenvalue weighted by molar-refractivity contribution is 6.29. The summed E-state index contributed by atoms with van der Waals surface area (Å²) in [7, 11) is 0. The van der Waals surface area contributed by atoms with E-state index in [1.165, 1.54) is 17.3 Å². The number of halogens is 1. The zero-order valence-electron chi connectivity index (χ0n) is 12.4. The second-order valence-corrected chi connectivity index (χ2v) is 5.82. The normalized spacial score (nSPS) is 12.6. The molecule has 1 aliphatic rings. The quantitative estimate of drug-likeness (QED) is 0.847. The van der Waals surface area contributed by atoms with Gasteiger partial charge in [0.15, 0.2) is 0 Å². The van der Waals surface area contributed by atoms with E-state index >= 15 is 0 Å². The third-order valence-electron chi connectivity index (χ3n) is 3.78. The molecule has 0 saturated carbocycles. The second kappa shape index (κ2) is 6.79. The van der Waals surface area contributed by atoms with Gasteiger partial charge in [0.05, 0.1) is 18.4 Å². The number of fused-ring (bicyclic) bond motifs is 1. The molecule has 118 valence electrons. The summed E-state index contributed by atoms with van der Waals surface area (Å²) in [5, 5.41) is 5.62. The molecule has 0 unspecified atom stereocenters. The number of rotatable bonds is 4. The minimum atomic E-state index is -0.316. The Hall–Kier alpha value is -2.40. The van der Waals surface area contributed by atoms with Gasteiger partial charge in [-0.25, -0.2) is 4.98 Å². The molecule has 2 amide bonds. The Balaban J connectivity index is 1.54. The van der Waals surface area contributed by atoms with E-state index in [9.17, 15) is 9.59 Å². The number of nitrogens with one attached hydrogen (secondary N) is 2. The smallest absolute Gasteiger partial charge is 0.251 e. The molecular weight excluding hydrogens is 314 g/mol. The lowest BCUT2D eigenvalue weighted by molar-refractivity contribution is -0.115. The van der Waals surface area contributed by atoms with Crippen LogP contribution in [0.15, 0.2) is 36.5 Å². The maximum atomic E-state index is 12.1. The van der Waals surface area contributed by atoms with E-state index < -0.39 is 0 Å². The average Bonchev–Trinajstić information content (AvgIpc) is 3.02. The molecule has 0 atom stereocenters. The van der Waals surface area contributed by atoms with Crippen LogP contribution in [0.4, 0.5) is 5.69 Å². The molecule has 1 aliphatic carbocycles.